The van der Waals surface area contributed by atoms with Gasteiger partial charge in [-0.1, -0.05) is 78.3 Å². The average Bonchev–Trinajstić information content (AvgIpc) is 3.24. The monoisotopic (exact) mass is 423 g/mol. The van der Waals surface area contributed by atoms with Gasteiger partial charge in [-0.05, 0) is 59.7 Å². The summed E-state index contributed by atoms with van der Waals surface area (Å²) in [5, 5.41) is 2.26. The molecule has 0 aliphatic carbocycles. The highest BCUT2D eigenvalue weighted by Gasteiger charge is 2.15. The highest BCUT2D eigenvalue weighted by Crippen LogP contribution is 2.38. The topological polar surface area (TPSA) is 16.4 Å². The summed E-state index contributed by atoms with van der Waals surface area (Å²) >= 11 is 0. The van der Waals surface area contributed by atoms with Crippen molar-refractivity contribution in [2.45, 2.75) is 0 Å². The summed E-state index contributed by atoms with van der Waals surface area (Å²) in [6.07, 6.45) is 0. The van der Waals surface area contributed by atoms with Crippen molar-refractivity contribution in [3.63, 3.8) is 0 Å². The van der Waals surface area contributed by atoms with Crippen LogP contribution in [0.5, 0.6) is 0 Å². The molecular weight excluding hydrogens is 401 g/mol. The van der Waals surface area contributed by atoms with Gasteiger partial charge < -0.3 is 9.32 Å². The molecule has 0 fully saturated rings. The Balaban J connectivity index is 1.50. The first-order valence-corrected chi connectivity index (χ1v) is 11.2. The summed E-state index contributed by atoms with van der Waals surface area (Å²) in [5.41, 5.74) is 8.84. The second-order valence-corrected chi connectivity index (χ2v) is 8.36. The molecule has 33 heavy (non-hydrogen) atoms. The molecule has 1 aromatic heterocycles. The lowest BCUT2D eigenvalue weighted by Crippen LogP contribution is -2.11. The maximum atomic E-state index is 6.06. The van der Waals surface area contributed by atoms with Crippen LogP contribution >= 0.6 is 0 Å². The van der Waals surface area contributed by atoms with Crippen LogP contribution in [0, 0.1) is 0 Å². The van der Waals surface area contributed by atoms with Gasteiger partial charge in [0.2, 0.25) is 0 Å². The van der Waals surface area contributed by atoms with Crippen molar-refractivity contribution in [3.8, 4) is 11.1 Å². The van der Waals surface area contributed by atoms with Crippen LogP contribution in [-0.4, -0.2) is 7.85 Å². The molecule has 0 spiro atoms. The third-order valence-electron chi connectivity index (χ3n) is 6.14. The van der Waals surface area contributed by atoms with Crippen molar-refractivity contribution in [3.05, 3.63) is 121 Å². The summed E-state index contributed by atoms with van der Waals surface area (Å²) in [6, 6.07) is 42.6. The van der Waals surface area contributed by atoms with Crippen molar-refractivity contribution in [2.24, 2.45) is 0 Å². The number of benzene rings is 5. The second-order valence-electron chi connectivity index (χ2n) is 8.36. The average molecular weight is 423 g/mol. The predicted molar refractivity (Wildman–Crippen MR) is 142 cm³/mol. The quantitative estimate of drug-likeness (QED) is 0.285. The van der Waals surface area contributed by atoms with Gasteiger partial charge in [-0.2, -0.15) is 0 Å². The summed E-state index contributed by atoms with van der Waals surface area (Å²) in [6.45, 7) is 0. The zero-order chi connectivity index (χ0) is 22.2. The summed E-state index contributed by atoms with van der Waals surface area (Å²) in [4.78, 5) is 2.30. The van der Waals surface area contributed by atoms with Gasteiger partial charge in [-0.15, -0.1) is 0 Å². The third-order valence-corrected chi connectivity index (χ3v) is 6.14. The molecule has 0 radical (unpaired) electrons. The minimum Gasteiger partial charge on any atom is -0.456 e. The molecule has 0 aliphatic rings. The molecule has 1 heterocycles. The van der Waals surface area contributed by atoms with E-state index in [1.165, 1.54) is 16.6 Å². The molecule has 0 atom stereocenters. The van der Waals surface area contributed by atoms with Gasteiger partial charge in [0.25, 0.3) is 0 Å². The molecule has 5 aromatic carbocycles. The summed E-state index contributed by atoms with van der Waals surface area (Å²) in [5.74, 6) is 0. The van der Waals surface area contributed by atoms with E-state index in [9.17, 15) is 0 Å². The molecule has 0 saturated carbocycles. The van der Waals surface area contributed by atoms with E-state index >= 15 is 0 Å². The molecule has 0 saturated heterocycles. The predicted octanol–water partition coefficient (Wildman–Crippen LogP) is 6.98. The Kier molecular flexibility index (Phi) is 4.73. The van der Waals surface area contributed by atoms with Gasteiger partial charge in [0.15, 0.2) is 0 Å². The van der Waals surface area contributed by atoms with Crippen LogP contribution in [0.2, 0.25) is 0 Å². The Bertz CT molecular complexity index is 1550. The van der Waals surface area contributed by atoms with Crippen molar-refractivity contribution in [2.75, 3.05) is 4.90 Å². The van der Waals surface area contributed by atoms with Crippen molar-refractivity contribution >= 4 is 52.3 Å². The Hall–Kier alpha value is -4.24. The van der Waals surface area contributed by atoms with E-state index in [0.29, 0.717) is 0 Å². The van der Waals surface area contributed by atoms with Gasteiger partial charge in [0.1, 0.15) is 19.0 Å². The van der Waals surface area contributed by atoms with E-state index in [1.807, 2.05) is 18.2 Å². The fourth-order valence-corrected chi connectivity index (χ4v) is 4.43. The number of fused-ring (bicyclic) bond motifs is 3. The van der Waals surface area contributed by atoms with E-state index in [4.69, 9.17) is 4.42 Å². The molecule has 0 amide bonds. The minimum atomic E-state index is 0.906. The lowest BCUT2D eigenvalue weighted by molar-refractivity contribution is 0.669. The fraction of sp³-hybridized carbons (Fsp3) is 0. The number of hydrogen-bond donors (Lipinski definition) is 0. The van der Waals surface area contributed by atoms with E-state index in [0.717, 1.165) is 39.0 Å². The number of para-hydroxylation sites is 1. The fourth-order valence-electron chi connectivity index (χ4n) is 4.43. The van der Waals surface area contributed by atoms with Crippen molar-refractivity contribution in [1.82, 2.24) is 0 Å². The Morgan fingerprint density at radius 2 is 1.06 bits per heavy atom. The molecule has 0 aliphatic heterocycles. The first-order valence-electron chi connectivity index (χ1n) is 11.2. The Morgan fingerprint density at radius 3 is 1.82 bits per heavy atom. The first-order chi connectivity index (χ1) is 16.3. The SMILES string of the molecule is Bc1ccc(N(c2ccc(-c3ccccc3)cc2)c2ccc3oc4ccccc4c3c2)cc1. The molecular formula is C30H22BNO. The third kappa shape index (κ3) is 3.58. The number of rotatable bonds is 4. The molecule has 6 rings (SSSR count). The maximum Gasteiger partial charge on any atom is 0.139 e. The zero-order valence-electron chi connectivity index (χ0n) is 18.4. The molecule has 156 valence electrons. The first kappa shape index (κ1) is 19.5. The van der Waals surface area contributed by atoms with Crippen LogP contribution in [-0.2, 0) is 0 Å². The standard InChI is InChI=1S/C30H22BNO/c31-23-12-16-25(17-13-23)32(24-14-10-22(11-15-24)21-6-2-1-3-7-21)26-18-19-30-28(20-26)27-8-4-5-9-29(27)33-30/h1-20H,31H2. The van der Waals surface area contributed by atoms with Crippen LogP contribution < -0.4 is 10.4 Å². The van der Waals surface area contributed by atoms with Gasteiger partial charge >= 0.3 is 0 Å². The minimum absolute atomic E-state index is 0.906. The number of nitrogens with zero attached hydrogens (tertiary/aromatic N) is 1. The largest absolute Gasteiger partial charge is 0.456 e. The Morgan fingerprint density at radius 1 is 0.485 bits per heavy atom. The number of hydrogen-bond acceptors (Lipinski definition) is 2. The van der Waals surface area contributed by atoms with Crippen LogP contribution in [0.1, 0.15) is 0 Å². The molecule has 0 bridgehead atoms. The molecule has 2 nitrogen and oxygen atoms in total. The normalized spacial score (nSPS) is 11.2. The van der Waals surface area contributed by atoms with E-state index in [-0.39, 0.29) is 0 Å². The van der Waals surface area contributed by atoms with Crippen LogP contribution in [0.25, 0.3) is 33.1 Å². The lowest BCUT2D eigenvalue weighted by Gasteiger charge is -2.26. The molecule has 3 heteroatoms. The van der Waals surface area contributed by atoms with E-state index in [2.05, 4.69) is 116 Å². The van der Waals surface area contributed by atoms with Crippen LogP contribution in [0.4, 0.5) is 17.1 Å². The van der Waals surface area contributed by atoms with Gasteiger partial charge in [-0.25, -0.2) is 0 Å². The van der Waals surface area contributed by atoms with Gasteiger partial charge in [-0.3, -0.25) is 0 Å². The smallest absolute Gasteiger partial charge is 0.139 e. The lowest BCUT2D eigenvalue weighted by atomic mass is 9.96. The van der Waals surface area contributed by atoms with Crippen molar-refractivity contribution < 1.29 is 4.42 Å². The van der Waals surface area contributed by atoms with Crippen molar-refractivity contribution in [1.29, 1.82) is 0 Å². The molecule has 6 aromatic rings. The Labute approximate surface area is 194 Å². The zero-order valence-corrected chi connectivity index (χ0v) is 18.4. The van der Waals surface area contributed by atoms with Crippen LogP contribution in [0.15, 0.2) is 126 Å². The molecule has 0 unspecified atom stereocenters. The van der Waals surface area contributed by atoms with E-state index < -0.39 is 0 Å². The highest BCUT2D eigenvalue weighted by atomic mass is 16.3. The molecule has 0 N–H and O–H groups in total. The number of furan rings is 1. The second kappa shape index (κ2) is 8.03. The summed E-state index contributed by atoms with van der Waals surface area (Å²) in [7, 11) is 2.12. The van der Waals surface area contributed by atoms with Gasteiger partial charge in [0.05, 0.1) is 0 Å². The van der Waals surface area contributed by atoms with Crippen LogP contribution in [0.3, 0.4) is 0 Å². The highest BCUT2D eigenvalue weighted by molar-refractivity contribution is 6.32. The van der Waals surface area contributed by atoms with E-state index in [1.54, 1.807) is 0 Å². The maximum absolute atomic E-state index is 6.06. The van der Waals surface area contributed by atoms with Gasteiger partial charge in [0, 0.05) is 27.8 Å². The number of anilines is 3. The summed E-state index contributed by atoms with van der Waals surface area (Å²) < 4.78 is 6.06.